The number of carbonyl (C=O) groups is 2. The highest BCUT2D eigenvalue weighted by atomic mass is 16.5. The topological polar surface area (TPSA) is 67.9 Å². The van der Waals surface area contributed by atoms with Gasteiger partial charge in [-0.3, -0.25) is 0 Å². The Kier molecular flexibility index (Phi) is 6.06. The molecule has 1 aliphatic rings. The van der Waals surface area contributed by atoms with Crippen molar-refractivity contribution in [2.45, 2.75) is 26.8 Å². The summed E-state index contributed by atoms with van der Waals surface area (Å²) in [6.07, 6.45) is 1.16. The molecule has 0 bridgehead atoms. The highest BCUT2D eigenvalue weighted by Crippen LogP contribution is 2.22. The van der Waals surface area contributed by atoms with E-state index in [0.29, 0.717) is 29.7 Å². The van der Waals surface area contributed by atoms with Crippen molar-refractivity contribution in [1.82, 2.24) is 10.2 Å². The summed E-state index contributed by atoms with van der Waals surface area (Å²) in [6, 6.07) is 5.15. The quantitative estimate of drug-likeness (QED) is 0.860. The van der Waals surface area contributed by atoms with Gasteiger partial charge < -0.3 is 19.7 Å². The molecule has 0 radical (unpaired) electrons. The summed E-state index contributed by atoms with van der Waals surface area (Å²) >= 11 is 0. The molecule has 1 aromatic rings. The second-order valence-electron chi connectivity index (χ2n) is 6.54. The molecule has 2 atom stereocenters. The van der Waals surface area contributed by atoms with Gasteiger partial charge in [0.2, 0.25) is 0 Å². The predicted octanol–water partition coefficient (Wildman–Crippen LogP) is 2.67. The lowest BCUT2D eigenvalue weighted by Crippen LogP contribution is -2.47. The van der Waals surface area contributed by atoms with E-state index in [1.807, 2.05) is 11.0 Å². The minimum Gasteiger partial charge on any atom is -0.496 e. The Balaban J connectivity index is 2.01. The molecule has 132 valence electrons. The van der Waals surface area contributed by atoms with Crippen LogP contribution in [0, 0.1) is 11.8 Å². The molecule has 0 aliphatic carbocycles. The monoisotopic (exact) mass is 334 g/mol. The third-order valence-corrected chi connectivity index (χ3v) is 4.27. The highest BCUT2D eigenvalue weighted by molar-refractivity contribution is 5.92. The second-order valence-corrected chi connectivity index (χ2v) is 6.54. The molecule has 1 N–H and O–H groups in total. The Hall–Kier alpha value is -2.24. The Morgan fingerprint density at radius 2 is 1.88 bits per heavy atom. The maximum absolute atomic E-state index is 12.4. The van der Waals surface area contributed by atoms with Crippen molar-refractivity contribution in [3.63, 3.8) is 0 Å². The minimum absolute atomic E-state index is 0.0659. The first-order valence-electron chi connectivity index (χ1n) is 8.22. The fourth-order valence-corrected chi connectivity index (χ4v) is 3.25. The van der Waals surface area contributed by atoms with Crippen molar-refractivity contribution in [2.75, 3.05) is 27.3 Å². The molecule has 0 aromatic heterocycles. The number of urea groups is 1. The summed E-state index contributed by atoms with van der Waals surface area (Å²) in [4.78, 5) is 26.0. The van der Waals surface area contributed by atoms with Crippen LogP contribution in [0.5, 0.6) is 5.75 Å². The smallest absolute Gasteiger partial charge is 0.341 e. The van der Waals surface area contributed by atoms with Gasteiger partial charge in [0, 0.05) is 19.6 Å². The van der Waals surface area contributed by atoms with Crippen LogP contribution in [0.1, 0.15) is 36.2 Å². The van der Waals surface area contributed by atoms with Gasteiger partial charge in [0.15, 0.2) is 0 Å². The van der Waals surface area contributed by atoms with Gasteiger partial charge in [0.1, 0.15) is 11.3 Å². The first-order valence-corrected chi connectivity index (χ1v) is 8.22. The van der Waals surface area contributed by atoms with Crippen LogP contribution >= 0.6 is 0 Å². The van der Waals surface area contributed by atoms with Crippen LogP contribution in [-0.4, -0.2) is 44.2 Å². The zero-order valence-electron chi connectivity index (χ0n) is 14.8. The fraction of sp³-hybridized carbons (Fsp3) is 0.556. The number of carbonyl (C=O) groups excluding carboxylic acids is 2. The molecule has 1 saturated heterocycles. The van der Waals surface area contributed by atoms with Crippen molar-refractivity contribution in [1.29, 1.82) is 0 Å². The SMILES string of the molecule is COC(=O)c1cc(CNC(=O)N2CC(C)CC(C)C2)ccc1OC. The molecule has 1 heterocycles. The van der Waals surface area contributed by atoms with Crippen LogP contribution in [0.3, 0.4) is 0 Å². The number of piperidine rings is 1. The van der Waals surface area contributed by atoms with Crippen LogP contribution < -0.4 is 10.1 Å². The Bertz CT molecular complexity index is 593. The summed E-state index contributed by atoms with van der Waals surface area (Å²) in [7, 11) is 2.83. The molecule has 1 aliphatic heterocycles. The summed E-state index contributed by atoms with van der Waals surface area (Å²) in [5, 5.41) is 2.93. The van der Waals surface area contributed by atoms with Crippen LogP contribution in [0.2, 0.25) is 0 Å². The molecule has 0 saturated carbocycles. The van der Waals surface area contributed by atoms with Gasteiger partial charge in [-0.2, -0.15) is 0 Å². The maximum Gasteiger partial charge on any atom is 0.341 e. The van der Waals surface area contributed by atoms with Crippen molar-refractivity contribution in [3.8, 4) is 5.75 Å². The first-order chi connectivity index (χ1) is 11.4. The Labute approximate surface area is 143 Å². The Morgan fingerprint density at radius 1 is 1.21 bits per heavy atom. The molecule has 6 nitrogen and oxygen atoms in total. The van der Waals surface area contributed by atoms with Crippen LogP contribution in [0.15, 0.2) is 18.2 Å². The zero-order chi connectivity index (χ0) is 17.7. The first kappa shape index (κ1) is 18.1. The molecule has 0 spiro atoms. The standard InChI is InChI=1S/C18H26N2O4/c1-12-7-13(2)11-20(10-12)18(22)19-9-14-5-6-16(23-3)15(8-14)17(21)24-4/h5-6,8,12-13H,7,9-11H2,1-4H3,(H,19,22). The molecule has 6 heteroatoms. The average Bonchev–Trinajstić information content (AvgIpc) is 2.57. The van der Waals surface area contributed by atoms with Gasteiger partial charge in [-0.25, -0.2) is 9.59 Å². The Morgan fingerprint density at radius 3 is 2.46 bits per heavy atom. The number of hydrogen-bond donors (Lipinski definition) is 1. The van der Waals surface area contributed by atoms with Gasteiger partial charge in [-0.05, 0) is 36.0 Å². The maximum atomic E-state index is 12.4. The van der Waals surface area contributed by atoms with E-state index in [-0.39, 0.29) is 6.03 Å². The largest absolute Gasteiger partial charge is 0.496 e. The summed E-state index contributed by atoms with van der Waals surface area (Å²) in [6.45, 7) is 6.26. The normalized spacial score (nSPS) is 20.4. The number of hydrogen-bond acceptors (Lipinski definition) is 4. The van der Waals surface area contributed by atoms with Crippen molar-refractivity contribution >= 4 is 12.0 Å². The minimum atomic E-state index is -0.460. The van der Waals surface area contributed by atoms with E-state index in [1.54, 1.807) is 12.1 Å². The zero-order valence-corrected chi connectivity index (χ0v) is 14.8. The number of esters is 1. The number of nitrogens with zero attached hydrogens (tertiary/aromatic N) is 1. The lowest BCUT2D eigenvalue weighted by atomic mass is 9.92. The molecular weight excluding hydrogens is 308 g/mol. The highest BCUT2D eigenvalue weighted by Gasteiger charge is 2.25. The van der Waals surface area contributed by atoms with Gasteiger partial charge in [0.05, 0.1) is 14.2 Å². The van der Waals surface area contributed by atoms with Crippen molar-refractivity contribution < 1.29 is 19.1 Å². The lowest BCUT2D eigenvalue weighted by Gasteiger charge is -2.34. The third kappa shape index (κ3) is 4.40. The number of likely N-dealkylation sites (tertiary alicyclic amines) is 1. The van der Waals surface area contributed by atoms with E-state index in [1.165, 1.54) is 14.2 Å². The number of methoxy groups -OCH3 is 2. The van der Waals surface area contributed by atoms with Crippen molar-refractivity contribution in [2.24, 2.45) is 11.8 Å². The number of rotatable bonds is 4. The van der Waals surface area contributed by atoms with Gasteiger partial charge in [-0.1, -0.05) is 19.9 Å². The van der Waals surface area contributed by atoms with Gasteiger partial charge in [-0.15, -0.1) is 0 Å². The van der Waals surface area contributed by atoms with Crippen molar-refractivity contribution in [3.05, 3.63) is 29.3 Å². The molecular formula is C18H26N2O4. The molecule has 24 heavy (non-hydrogen) atoms. The predicted molar refractivity (Wildman–Crippen MR) is 91.1 cm³/mol. The number of amides is 2. The van der Waals surface area contributed by atoms with E-state index in [9.17, 15) is 9.59 Å². The van der Waals surface area contributed by atoms with E-state index in [4.69, 9.17) is 9.47 Å². The summed E-state index contributed by atoms with van der Waals surface area (Å²) < 4.78 is 9.93. The van der Waals surface area contributed by atoms with E-state index < -0.39 is 5.97 Å². The molecule has 2 rings (SSSR count). The fourth-order valence-electron chi connectivity index (χ4n) is 3.25. The molecule has 1 aromatic carbocycles. The average molecular weight is 334 g/mol. The third-order valence-electron chi connectivity index (χ3n) is 4.27. The summed E-state index contributed by atoms with van der Waals surface area (Å²) in [5.74, 6) is 1.03. The van der Waals surface area contributed by atoms with Crippen LogP contribution in [0.4, 0.5) is 4.79 Å². The molecule has 1 fully saturated rings. The van der Waals surface area contributed by atoms with E-state index in [2.05, 4.69) is 19.2 Å². The van der Waals surface area contributed by atoms with E-state index in [0.717, 1.165) is 25.1 Å². The number of nitrogens with one attached hydrogen (secondary N) is 1. The van der Waals surface area contributed by atoms with Gasteiger partial charge in [0.25, 0.3) is 0 Å². The second kappa shape index (κ2) is 8.04. The van der Waals surface area contributed by atoms with E-state index >= 15 is 0 Å². The molecule has 2 unspecified atom stereocenters. The van der Waals surface area contributed by atoms with Gasteiger partial charge >= 0.3 is 12.0 Å². The summed E-state index contributed by atoms with van der Waals surface area (Å²) in [5.41, 5.74) is 1.18. The van der Waals surface area contributed by atoms with Crippen LogP contribution in [-0.2, 0) is 11.3 Å². The number of ether oxygens (including phenoxy) is 2. The molecule has 2 amide bonds. The van der Waals surface area contributed by atoms with Crippen LogP contribution in [0.25, 0.3) is 0 Å². The number of benzene rings is 1. The lowest BCUT2D eigenvalue weighted by molar-refractivity contribution is 0.0597.